The summed E-state index contributed by atoms with van der Waals surface area (Å²) >= 11 is 0. The van der Waals surface area contributed by atoms with Crippen molar-refractivity contribution in [2.24, 2.45) is 0 Å². The molecule has 230 valence electrons. The highest BCUT2D eigenvalue weighted by molar-refractivity contribution is 7.83. The topological polar surface area (TPSA) is 150 Å². The van der Waals surface area contributed by atoms with E-state index in [2.05, 4.69) is 20.7 Å². The van der Waals surface area contributed by atoms with Crippen LogP contribution in [0.4, 0.5) is 0 Å². The molecule has 5 rings (SSSR count). The predicted octanol–water partition coefficient (Wildman–Crippen LogP) is 2.68. The molecule has 0 spiro atoms. The first-order chi connectivity index (χ1) is 20.6. The quantitative estimate of drug-likeness (QED) is 0.306. The molecule has 12 heteroatoms. The summed E-state index contributed by atoms with van der Waals surface area (Å²) in [6.45, 7) is 6.40. The van der Waals surface area contributed by atoms with Gasteiger partial charge in [-0.1, -0.05) is 6.07 Å². The van der Waals surface area contributed by atoms with E-state index in [-0.39, 0.29) is 11.6 Å². The van der Waals surface area contributed by atoms with Crippen LogP contribution in [0.3, 0.4) is 0 Å². The van der Waals surface area contributed by atoms with Gasteiger partial charge in [0.15, 0.2) is 0 Å². The minimum Gasteiger partial charge on any atom is -0.495 e. The lowest BCUT2D eigenvalue weighted by Gasteiger charge is -2.26. The Morgan fingerprint density at radius 1 is 1.07 bits per heavy atom. The van der Waals surface area contributed by atoms with Gasteiger partial charge in [0, 0.05) is 50.7 Å². The zero-order valence-corrected chi connectivity index (χ0v) is 25.2. The lowest BCUT2D eigenvalue weighted by molar-refractivity contribution is 0.0254. The van der Waals surface area contributed by atoms with E-state index in [0.717, 1.165) is 68.9 Å². The van der Waals surface area contributed by atoms with Crippen LogP contribution < -0.4 is 14.2 Å². The van der Waals surface area contributed by atoms with Crippen molar-refractivity contribution in [3.05, 3.63) is 65.6 Å². The molecule has 0 radical (unpaired) electrons. The van der Waals surface area contributed by atoms with Gasteiger partial charge in [-0.15, -0.1) is 0 Å². The molecular formula is C31H39N5O6S. The second-order valence-electron chi connectivity index (χ2n) is 10.2. The van der Waals surface area contributed by atoms with Crippen LogP contribution in [0.5, 0.6) is 11.5 Å². The van der Waals surface area contributed by atoms with Gasteiger partial charge in [-0.25, -0.2) is 18.9 Å². The van der Waals surface area contributed by atoms with Crippen molar-refractivity contribution in [1.82, 2.24) is 19.6 Å². The number of nitrogens with one attached hydrogen (secondary N) is 1. The molecule has 2 saturated heterocycles. The molecule has 11 nitrogen and oxygen atoms in total. The van der Waals surface area contributed by atoms with Crippen molar-refractivity contribution in [2.45, 2.75) is 36.7 Å². The van der Waals surface area contributed by atoms with E-state index >= 15 is 0 Å². The molecule has 0 saturated carbocycles. The average molecular weight is 610 g/mol. The molecule has 3 heterocycles. The summed E-state index contributed by atoms with van der Waals surface area (Å²) in [6, 6.07) is 15.3. The molecular weight excluding hydrogens is 570 g/mol. The SMILES string of the molecule is COc1cc(Cc2nccc(-c3ccc(OC4CCOCC4)c(C#N)c3)n2)ccc1S(=O)NCCCN1CCOCC1.O. The number of methoxy groups -OCH3 is 1. The summed E-state index contributed by atoms with van der Waals surface area (Å²) < 4.78 is 38.5. The van der Waals surface area contributed by atoms with Crippen molar-refractivity contribution in [3.63, 3.8) is 0 Å². The first kappa shape index (κ1) is 32.5. The van der Waals surface area contributed by atoms with E-state index in [0.29, 0.717) is 54.0 Å². The molecule has 2 aliphatic heterocycles. The van der Waals surface area contributed by atoms with E-state index < -0.39 is 11.0 Å². The highest BCUT2D eigenvalue weighted by Crippen LogP contribution is 2.28. The van der Waals surface area contributed by atoms with Crippen LogP contribution >= 0.6 is 0 Å². The van der Waals surface area contributed by atoms with Crippen molar-refractivity contribution in [2.75, 3.05) is 59.7 Å². The fourth-order valence-corrected chi connectivity index (χ4v) is 6.03. The van der Waals surface area contributed by atoms with E-state index in [4.69, 9.17) is 23.9 Å². The minimum absolute atomic E-state index is 0. The summed E-state index contributed by atoms with van der Waals surface area (Å²) in [5.41, 5.74) is 2.95. The molecule has 2 fully saturated rings. The van der Waals surface area contributed by atoms with Gasteiger partial charge in [-0.05, 0) is 54.9 Å². The molecule has 3 aromatic rings. The second kappa shape index (κ2) is 16.4. The van der Waals surface area contributed by atoms with Gasteiger partial charge in [-0.3, -0.25) is 4.90 Å². The molecule has 0 amide bonds. The third-order valence-corrected chi connectivity index (χ3v) is 8.54. The minimum atomic E-state index is -1.38. The smallest absolute Gasteiger partial charge is 0.137 e. The van der Waals surface area contributed by atoms with Crippen molar-refractivity contribution < 1.29 is 28.6 Å². The summed E-state index contributed by atoms with van der Waals surface area (Å²) in [6.07, 6.45) is 4.78. The molecule has 1 atom stereocenters. The van der Waals surface area contributed by atoms with E-state index in [1.54, 1.807) is 13.3 Å². The molecule has 1 aromatic heterocycles. The Balaban J connectivity index is 0.00000423. The van der Waals surface area contributed by atoms with Gasteiger partial charge in [0.1, 0.15) is 40.5 Å². The Kier molecular flexibility index (Phi) is 12.4. The van der Waals surface area contributed by atoms with Crippen molar-refractivity contribution >= 4 is 11.0 Å². The number of benzene rings is 2. The van der Waals surface area contributed by atoms with Crippen molar-refractivity contribution in [1.29, 1.82) is 5.26 Å². The zero-order chi connectivity index (χ0) is 29.1. The summed E-state index contributed by atoms with van der Waals surface area (Å²) in [5.74, 6) is 1.77. The molecule has 0 aliphatic carbocycles. The number of nitriles is 1. The van der Waals surface area contributed by atoms with Gasteiger partial charge in [0.25, 0.3) is 0 Å². The molecule has 1 unspecified atom stereocenters. The number of rotatable bonds is 12. The highest BCUT2D eigenvalue weighted by Gasteiger charge is 2.18. The van der Waals surface area contributed by atoms with Gasteiger partial charge in [0.2, 0.25) is 0 Å². The Labute approximate surface area is 255 Å². The van der Waals surface area contributed by atoms with Crippen LogP contribution in [0.15, 0.2) is 53.6 Å². The summed E-state index contributed by atoms with van der Waals surface area (Å²) in [7, 11) is 0.196. The Hall–Kier alpha value is -3.44. The molecule has 43 heavy (non-hydrogen) atoms. The zero-order valence-electron chi connectivity index (χ0n) is 24.4. The third-order valence-electron chi connectivity index (χ3n) is 7.34. The largest absolute Gasteiger partial charge is 0.495 e. The van der Waals surface area contributed by atoms with E-state index in [1.165, 1.54) is 0 Å². The number of aromatic nitrogens is 2. The van der Waals surface area contributed by atoms with Gasteiger partial charge in [-0.2, -0.15) is 5.26 Å². The number of nitrogens with zero attached hydrogens (tertiary/aromatic N) is 4. The lowest BCUT2D eigenvalue weighted by Crippen LogP contribution is -2.37. The summed E-state index contributed by atoms with van der Waals surface area (Å²) in [5, 5.41) is 9.76. The third kappa shape index (κ3) is 9.03. The fraction of sp³-hybridized carbons (Fsp3) is 0.452. The van der Waals surface area contributed by atoms with Crippen LogP contribution in [0.1, 0.15) is 36.2 Å². The number of hydrogen-bond donors (Lipinski definition) is 1. The Morgan fingerprint density at radius 2 is 1.86 bits per heavy atom. The predicted molar refractivity (Wildman–Crippen MR) is 162 cm³/mol. The average Bonchev–Trinajstić information content (AvgIpc) is 3.04. The fourth-order valence-electron chi connectivity index (χ4n) is 5.03. The lowest BCUT2D eigenvalue weighted by atomic mass is 10.1. The van der Waals surface area contributed by atoms with Gasteiger partial charge >= 0.3 is 0 Å². The number of ether oxygens (including phenoxy) is 4. The van der Waals surface area contributed by atoms with Crippen LogP contribution in [0.25, 0.3) is 11.3 Å². The van der Waals surface area contributed by atoms with E-state index in [1.807, 2.05) is 42.5 Å². The highest BCUT2D eigenvalue weighted by atomic mass is 32.2. The van der Waals surface area contributed by atoms with Crippen LogP contribution in [0, 0.1) is 11.3 Å². The molecule has 2 aromatic carbocycles. The van der Waals surface area contributed by atoms with Crippen molar-refractivity contribution in [3.8, 4) is 28.8 Å². The number of hydrogen-bond acceptors (Lipinski definition) is 9. The van der Waals surface area contributed by atoms with Crippen LogP contribution in [-0.4, -0.2) is 90.4 Å². The monoisotopic (exact) mass is 609 g/mol. The second-order valence-corrected chi connectivity index (χ2v) is 11.5. The molecule has 3 N–H and O–H groups in total. The maximum atomic E-state index is 13.0. The van der Waals surface area contributed by atoms with Crippen LogP contribution in [-0.2, 0) is 26.9 Å². The normalized spacial score (nSPS) is 16.6. The molecule has 2 aliphatic rings. The Morgan fingerprint density at radius 3 is 2.63 bits per heavy atom. The number of morpholine rings is 1. The maximum Gasteiger partial charge on any atom is 0.137 e. The van der Waals surface area contributed by atoms with Gasteiger partial charge < -0.3 is 24.4 Å². The standard InChI is InChI=1S/C31H37N5O5S.H2O/c1-38-29-19-23(3-6-30(29)42(37)34-10-2-12-36-13-17-40-18-14-36)20-31-33-11-7-27(35-31)24-4-5-28(25(21-24)22-32)41-26-8-15-39-16-9-26;/h3-7,11,19,21,26,34H,2,8-10,12-18,20H2,1H3;1H2. The first-order valence-corrected chi connectivity index (χ1v) is 15.5. The Bertz CT molecular complexity index is 1410. The maximum absolute atomic E-state index is 13.0. The first-order valence-electron chi connectivity index (χ1n) is 14.4. The van der Waals surface area contributed by atoms with Crippen LogP contribution in [0.2, 0.25) is 0 Å². The molecule has 0 bridgehead atoms. The van der Waals surface area contributed by atoms with E-state index in [9.17, 15) is 9.47 Å². The van der Waals surface area contributed by atoms with Gasteiger partial charge in [0.05, 0.1) is 49.7 Å². The summed E-state index contributed by atoms with van der Waals surface area (Å²) in [4.78, 5) is 12.2.